The molecule has 0 spiro atoms. The number of carbonyl (C=O) groups is 2. The fourth-order valence-corrected chi connectivity index (χ4v) is 4.16. The minimum atomic E-state index is -0.311. The van der Waals surface area contributed by atoms with E-state index in [1.165, 1.54) is 0 Å². The maximum atomic E-state index is 12.6. The van der Waals surface area contributed by atoms with Crippen LogP contribution in [0.1, 0.15) is 30.5 Å². The van der Waals surface area contributed by atoms with Gasteiger partial charge < -0.3 is 14.8 Å². The number of nitrogens with one attached hydrogen (secondary N) is 1. The highest BCUT2D eigenvalue weighted by Gasteiger charge is 2.25. The molecule has 1 aromatic carbocycles. The highest BCUT2D eigenvalue weighted by Crippen LogP contribution is 2.14. The number of aromatic amines is 1. The van der Waals surface area contributed by atoms with Crippen molar-refractivity contribution in [1.29, 1.82) is 0 Å². The monoisotopic (exact) mass is 438 g/mol. The molecule has 170 valence electrons. The zero-order chi connectivity index (χ0) is 22.5. The molecule has 2 aliphatic rings. The average molecular weight is 439 g/mol. The number of hydrogen-bond donors (Lipinski definition) is 1. The average Bonchev–Trinajstić information content (AvgIpc) is 3.34. The summed E-state index contributed by atoms with van der Waals surface area (Å²) < 4.78 is 0. The fraction of sp³-hybridized carbons (Fsp3) is 0.522. The summed E-state index contributed by atoms with van der Waals surface area (Å²) in [6.45, 7) is 6.73. The molecule has 1 N–H and O–H groups in total. The van der Waals surface area contributed by atoms with Crippen molar-refractivity contribution in [3.63, 3.8) is 0 Å². The molecule has 0 aliphatic carbocycles. The normalized spacial score (nSPS) is 17.0. The minimum absolute atomic E-state index is 0.000620. The van der Waals surface area contributed by atoms with E-state index < -0.39 is 0 Å². The number of benzene rings is 1. The van der Waals surface area contributed by atoms with Crippen molar-refractivity contribution in [2.75, 3.05) is 45.8 Å². The lowest BCUT2D eigenvalue weighted by atomic mass is 10.1. The van der Waals surface area contributed by atoms with Crippen LogP contribution in [0.5, 0.6) is 0 Å². The van der Waals surface area contributed by atoms with E-state index in [1.54, 1.807) is 4.90 Å². The van der Waals surface area contributed by atoms with Gasteiger partial charge in [0.05, 0.1) is 6.54 Å². The molecule has 0 bridgehead atoms. The van der Waals surface area contributed by atoms with Gasteiger partial charge >= 0.3 is 0 Å². The van der Waals surface area contributed by atoms with E-state index in [1.807, 2.05) is 36.1 Å². The van der Waals surface area contributed by atoms with Gasteiger partial charge in [0.1, 0.15) is 5.69 Å². The number of amides is 2. The number of rotatable bonds is 6. The zero-order valence-electron chi connectivity index (χ0n) is 18.5. The third-order valence-electron chi connectivity index (χ3n) is 6.21. The number of likely N-dealkylation sites (tertiary alicyclic amines) is 1. The molecule has 2 fully saturated rings. The Morgan fingerprint density at radius 3 is 2.22 bits per heavy atom. The fourth-order valence-electron chi connectivity index (χ4n) is 4.16. The quantitative estimate of drug-likeness (QED) is 0.717. The molecule has 2 saturated heterocycles. The summed E-state index contributed by atoms with van der Waals surface area (Å²) in [5.41, 5.74) is 1.87. The van der Waals surface area contributed by atoms with E-state index in [-0.39, 0.29) is 35.9 Å². The van der Waals surface area contributed by atoms with Gasteiger partial charge in [-0.2, -0.15) is 0 Å². The molecule has 2 aromatic rings. The minimum Gasteiger partial charge on any atom is -0.342 e. The van der Waals surface area contributed by atoms with Gasteiger partial charge in [-0.1, -0.05) is 29.8 Å². The summed E-state index contributed by atoms with van der Waals surface area (Å²) in [6, 6.07) is 7.67. The van der Waals surface area contributed by atoms with E-state index in [0.717, 1.165) is 37.1 Å². The van der Waals surface area contributed by atoms with Gasteiger partial charge in [-0.05, 0) is 19.8 Å². The van der Waals surface area contributed by atoms with Crippen LogP contribution >= 0.6 is 0 Å². The molecule has 0 radical (unpaired) electrons. The lowest BCUT2D eigenvalue weighted by Crippen LogP contribution is -2.51. The van der Waals surface area contributed by atoms with Crippen molar-refractivity contribution in [3.05, 3.63) is 45.9 Å². The Kier molecular flexibility index (Phi) is 6.94. The molecule has 0 unspecified atom stereocenters. The lowest BCUT2D eigenvalue weighted by molar-refractivity contribution is -0.134. The summed E-state index contributed by atoms with van der Waals surface area (Å²) in [6.07, 6.45) is 2.66. The van der Waals surface area contributed by atoms with Crippen molar-refractivity contribution in [2.45, 2.75) is 32.6 Å². The summed E-state index contributed by atoms with van der Waals surface area (Å²) in [5.74, 6) is 0.609. The number of aryl methyl sites for hydroxylation is 2. The Morgan fingerprint density at radius 2 is 1.56 bits per heavy atom. The molecule has 1 aromatic heterocycles. The van der Waals surface area contributed by atoms with Crippen LogP contribution in [0.3, 0.4) is 0 Å². The Hall–Kier alpha value is -3.07. The summed E-state index contributed by atoms with van der Waals surface area (Å²) >= 11 is 0. The van der Waals surface area contributed by atoms with Gasteiger partial charge in [0.25, 0.3) is 5.56 Å². The van der Waals surface area contributed by atoms with E-state index in [0.29, 0.717) is 38.5 Å². The first kappa shape index (κ1) is 22.1. The second kappa shape index (κ2) is 10.0. The molecular weight excluding hydrogens is 408 g/mol. The van der Waals surface area contributed by atoms with Crippen molar-refractivity contribution in [3.8, 4) is 11.4 Å². The first-order valence-corrected chi connectivity index (χ1v) is 11.3. The van der Waals surface area contributed by atoms with Crippen LogP contribution < -0.4 is 5.56 Å². The molecule has 0 saturated carbocycles. The van der Waals surface area contributed by atoms with Crippen LogP contribution in [0.25, 0.3) is 11.4 Å². The van der Waals surface area contributed by atoms with Crippen LogP contribution in [-0.2, 0) is 16.0 Å². The van der Waals surface area contributed by atoms with E-state index >= 15 is 0 Å². The number of H-pyrrole nitrogens is 1. The van der Waals surface area contributed by atoms with E-state index in [2.05, 4.69) is 20.1 Å². The van der Waals surface area contributed by atoms with Gasteiger partial charge in [0.2, 0.25) is 11.8 Å². The maximum Gasteiger partial charge on any atom is 0.273 e. The maximum absolute atomic E-state index is 12.6. The van der Waals surface area contributed by atoms with Crippen LogP contribution in [0.2, 0.25) is 0 Å². The van der Waals surface area contributed by atoms with Crippen molar-refractivity contribution in [1.82, 2.24) is 29.9 Å². The standard InChI is InChI=1S/C23H30N6O3/c1-17-4-6-18(7-5-17)22-24-23(32)19(25-26-22)8-9-20(30)29-14-12-27(13-15-29)16-21(31)28-10-2-3-11-28/h4-7H,2-3,8-16H2,1H3,(H,24,26,32). The number of piperazine rings is 1. The van der Waals surface area contributed by atoms with E-state index in [9.17, 15) is 14.4 Å². The van der Waals surface area contributed by atoms with E-state index in [4.69, 9.17) is 0 Å². The van der Waals surface area contributed by atoms with Gasteiger partial charge in [-0.25, -0.2) is 0 Å². The molecule has 32 heavy (non-hydrogen) atoms. The highest BCUT2D eigenvalue weighted by molar-refractivity contribution is 5.79. The largest absolute Gasteiger partial charge is 0.342 e. The Labute approximate surface area is 187 Å². The molecule has 2 aliphatic heterocycles. The molecule has 9 nitrogen and oxygen atoms in total. The van der Waals surface area contributed by atoms with Crippen LogP contribution in [0.4, 0.5) is 0 Å². The van der Waals surface area contributed by atoms with Crippen LogP contribution in [0, 0.1) is 6.92 Å². The van der Waals surface area contributed by atoms with Gasteiger partial charge in [0.15, 0.2) is 5.82 Å². The SMILES string of the molecule is Cc1ccc(-c2nnc(CCC(=O)N3CCN(CC(=O)N4CCCC4)CC3)c(=O)[nH]2)cc1. The zero-order valence-corrected chi connectivity index (χ0v) is 18.5. The van der Waals surface area contributed by atoms with Crippen LogP contribution in [0.15, 0.2) is 29.1 Å². The number of hydrogen-bond acceptors (Lipinski definition) is 6. The lowest BCUT2D eigenvalue weighted by Gasteiger charge is -2.35. The first-order valence-electron chi connectivity index (χ1n) is 11.3. The summed E-state index contributed by atoms with van der Waals surface area (Å²) in [4.78, 5) is 45.9. The third-order valence-corrected chi connectivity index (χ3v) is 6.21. The second-order valence-corrected chi connectivity index (χ2v) is 8.56. The predicted molar refractivity (Wildman–Crippen MR) is 120 cm³/mol. The number of aromatic nitrogens is 3. The number of nitrogens with zero attached hydrogens (tertiary/aromatic N) is 5. The molecule has 2 amide bonds. The summed E-state index contributed by atoms with van der Waals surface area (Å²) in [5, 5.41) is 8.19. The van der Waals surface area contributed by atoms with Crippen molar-refractivity contribution in [2.24, 2.45) is 0 Å². The number of carbonyl (C=O) groups excluding carboxylic acids is 2. The Balaban J connectivity index is 1.25. The molecule has 0 atom stereocenters. The first-order chi connectivity index (χ1) is 15.5. The second-order valence-electron chi connectivity index (χ2n) is 8.56. The Morgan fingerprint density at radius 1 is 0.906 bits per heavy atom. The molecule has 3 heterocycles. The molecular formula is C23H30N6O3. The summed E-state index contributed by atoms with van der Waals surface area (Å²) in [7, 11) is 0. The highest BCUT2D eigenvalue weighted by atomic mass is 16.2. The predicted octanol–water partition coefficient (Wildman–Crippen LogP) is 0.840. The topological polar surface area (TPSA) is 102 Å². The molecule has 9 heteroatoms. The van der Waals surface area contributed by atoms with Crippen molar-refractivity contribution < 1.29 is 9.59 Å². The molecule has 4 rings (SSSR count). The third kappa shape index (κ3) is 5.40. The Bertz CT molecular complexity index is 1010. The van der Waals surface area contributed by atoms with Crippen LogP contribution in [-0.4, -0.2) is 87.5 Å². The van der Waals surface area contributed by atoms with Gasteiger partial charge in [0, 0.05) is 57.7 Å². The van der Waals surface area contributed by atoms with Gasteiger partial charge in [-0.15, -0.1) is 10.2 Å². The van der Waals surface area contributed by atoms with Gasteiger partial charge in [-0.3, -0.25) is 19.3 Å². The smallest absolute Gasteiger partial charge is 0.273 e. The van der Waals surface area contributed by atoms with Crippen molar-refractivity contribution >= 4 is 11.8 Å².